The van der Waals surface area contributed by atoms with E-state index in [0.717, 1.165) is 29.1 Å². The van der Waals surface area contributed by atoms with E-state index in [1.165, 1.54) is 5.56 Å². The summed E-state index contributed by atoms with van der Waals surface area (Å²) in [4.78, 5) is 0. The standard InChI is InChI=1S/C14H18O3/c1-9(2)14-7-10-11(8-17-14)13(16-4)6-5-12(10)15-3/h5-6,14H,1,7-8H2,2-4H3. The molecule has 92 valence electrons. The maximum absolute atomic E-state index is 5.77. The van der Waals surface area contributed by atoms with Crippen LogP contribution in [0.4, 0.5) is 0 Å². The molecule has 1 aliphatic heterocycles. The second-order valence-corrected chi connectivity index (χ2v) is 4.28. The Balaban J connectivity index is 2.43. The molecular formula is C14H18O3. The lowest BCUT2D eigenvalue weighted by molar-refractivity contribution is 0.0499. The molecule has 17 heavy (non-hydrogen) atoms. The maximum Gasteiger partial charge on any atom is 0.124 e. The van der Waals surface area contributed by atoms with E-state index in [0.29, 0.717) is 6.61 Å². The highest BCUT2D eigenvalue weighted by Gasteiger charge is 2.25. The van der Waals surface area contributed by atoms with E-state index >= 15 is 0 Å². The first-order valence-corrected chi connectivity index (χ1v) is 5.67. The first-order valence-electron chi connectivity index (χ1n) is 5.67. The van der Waals surface area contributed by atoms with Crippen LogP contribution in [0, 0.1) is 0 Å². The summed E-state index contributed by atoms with van der Waals surface area (Å²) in [6, 6.07) is 3.86. The van der Waals surface area contributed by atoms with Crippen molar-refractivity contribution >= 4 is 0 Å². The summed E-state index contributed by atoms with van der Waals surface area (Å²) in [5.74, 6) is 1.76. The van der Waals surface area contributed by atoms with Crippen LogP contribution in [0.2, 0.25) is 0 Å². The van der Waals surface area contributed by atoms with Crippen LogP contribution in [-0.2, 0) is 17.8 Å². The van der Waals surface area contributed by atoms with E-state index in [2.05, 4.69) is 6.58 Å². The lowest BCUT2D eigenvalue weighted by Crippen LogP contribution is -2.24. The van der Waals surface area contributed by atoms with Gasteiger partial charge < -0.3 is 14.2 Å². The Labute approximate surface area is 102 Å². The average Bonchev–Trinajstić information content (AvgIpc) is 2.36. The molecule has 1 aromatic rings. The van der Waals surface area contributed by atoms with Crippen LogP contribution in [0.25, 0.3) is 0 Å². The van der Waals surface area contributed by atoms with Gasteiger partial charge in [-0.25, -0.2) is 0 Å². The van der Waals surface area contributed by atoms with Gasteiger partial charge in [-0.3, -0.25) is 0 Å². The lowest BCUT2D eigenvalue weighted by Gasteiger charge is -2.28. The Hall–Kier alpha value is -1.48. The molecule has 3 heteroatoms. The molecule has 1 unspecified atom stereocenters. The Kier molecular flexibility index (Phi) is 3.38. The van der Waals surface area contributed by atoms with Crippen molar-refractivity contribution in [3.8, 4) is 11.5 Å². The van der Waals surface area contributed by atoms with E-state index in [-0.39, 0.29) is 6.10 Å². The Morgan fingerprint density at radius 2 is 1.82 bits per heavy atom. The Morgan fingerprint density at radius 1 is 1.24 bits per heavy atom. The fraction of sp³-hybridized carbons (Fsp3) is 0.429. The molecule has 0 amide bonds. The van der Waals surface area contributed by atoms with Crippen molar-refractivity contribution in [1.82, 2.24) is 0 Å². The summed E-state index contributed by atoms with van der Waals surface area (Å²) >= 11 is 0. The van der Waals surface area contributed by atoms with Crippen LogP contribution in [0.3, 0.4) is 0 Å². The lowest BCUT2D eigenvalue weighted by atomic mass is 9.94. The minimum Gasteiger partial charge on any atom is -0.496 e. The zero-order valence-electron chi connectivity index (χ0n) is 10.6. The number of ether oxygens (including phenoxy) is 3. The van der Waals surface area contributed by atoms with Crippen LogP contribution < -0.4 is 9.47 Å². The van der Waals surface area contributed by atoms with Crippen molar-refractivity contribution in [3.63, 3.8) is 0 Å². The largest absolute Gasteiger partial charge is 0.496 e. The highest BCUT2D eigenvalue weighted by Crippen LogP contribution is 2.36. The molecule has 1 atom stereocenters. The van der Waals surface area contributed by atoms with Crippen molar-refractivity contribution in [2.45, 2.75) is 26.1 Å². The van der Waals surface area contributed by atoms with E-state index < -0.39 is 0 Å². The average molecular weight is 234 g/mol. The van der Waals surface area contributed by atoms with E-state index in [9.17, 15) is 0 Å². The van der Waals surface area contributed by atoms with Gasteiger partial charge in [-0.2, -0.15) is 0 Å². The summed E-state index contributed by atoms with van der Waals surface area (Å²) in [6.07, 6.45) is 0.869. The topological polar surface area (TPSA) is 27.7 Å². The summed E-state index contributed by atoms with van der Waals surface area (Å²) in [6.45, 7) is 6.49. The van der Waals surface area contributed by atoms with Crippen molar-refractivity contribution in [3.05, 3.63) is 35.4 Å². The zero-order valence-corrected chi connectivity index (χ0v) is 10.6. The summed E-state index contributed by atoms with van der Waals surface area (Å²) in [5, 5.41) is 0. The van der Waals surface area contributed by atoms with Gasteiger partial charge in [-0.1, -0.05) is 12.2 Å². The molecule has 0 bridgehead atoms. The van der Waals surface area contributed by atoms with Crippen molar-refractivity contribution in [2.24, 2.45) is 0 Å². The van der Waals surface area contributed by atoms with Crippen LogP contribution in [0.15, 0.2) is 24.3 Å². The van der Waals surface area contributed by atoms with Crippen LogP contribution in [-0.4, -0.2) is 20.3 Å². The van der Waals surface area contributed by atoms with Gasteiger partial charge in [0.1, 0.15) is 11.5 Å². The molecule has 1 heterocycles. The minimum absolute atomic E-state index is 0.0727. The van der Waals surface area contributed by atoms with E-state index in [1.54, 1.807) is 14.2 Å². The number of benzene rings is 1. The minimum atomic E-state index is 0.0727. The molecule has 0 aliphatic carbocycles. The van der Waals surface area contributed by atoms with Gasteiger partial charge in [0, 0.05) is 17.5 Å². The molecule has 2 rings (SSSR count). The predicted molar refractivity (Wildman–Crippen MR) is 66.6 cm³/mol. The first-order chi connectivity index (χ1) is 8.17. The third-order valence-corrected chi connectivity index (χ3v) is 3.15. The van der Waals surface area contributed by atoms with Gasteiger partial charge in [0.15, 0.2) is 0 Å². The van der Waals surface area contributed by atoms with Gasteiger partial charge in [-0.15, -0.1) is 0 Å². The number of hydrogen-bond donors (Lipinski definition) is 0. The summed E-state index contributed by atoms with van der Waals surface area (Å²) < 4.78 is 16.5. The molecule has 1 aromatic carbocycles. The summed E-state index contributed by atoms with van der Waals surface area (Å²) in [7, 11) is 3.36. The quantitative estimate of drug-likeness (QED) is 0.753. The van der Waals surface area contributed by atoms with Crippen LogP contribution >= 0.6 is 0 Å². The number of rotatable bonds is 3. The maximum atomic E-state index is 5.77. The van der Waals surface area contributed by atoms with Crippen LogP contribution in [0.1, 0.15) is 18.1 Å². The number of hydrogen-bond acceptors (Lipinski definition) is 3. The number of fused-ring (bicyclic) bond motifs is 1. The Morgan fingerprint density at radius 3 is 2.35 bits per heavy atom. The third kappa shape index (κ3) is 2.15. The molecule has 0 saturated carbocycles. The number of methoxy groups -OCH3 is 2. The Bertz CT molecular complexity index is 437. The molecule has 0 radical (unpaired) electrons. The zero-order chi connectivity index (χ0) is 12.4. The smallest absolute Gasteiger partial charge is 0.124 e. The van der Waals surface area contributed by atoms with E-state index in [4.69, 9.17) is 14.2 Å². The van der Waals surface area contributed by atoms with Gasteiger partial charge in [-0.05, 0) is 19.1 Å². The molecule has 0 fully saturated rings. The highest BCUT2D eigenvalue weighted by atomic mass is 16.5. The first kappa shape index (κ1) is 12.0. The second-order valence-electron chi connectivity index (χ2n) is 4.28. The summed E-state index contributed by atoms with van der Waals surface area (Å²) in [5.41, 5.74) is 3.30. The van der Waals surface area contributed by atoms with Gasteiger partial charge in [0.05, 0.1) is 26.9 Å². The van der Waals surface area contributed by atoms with Gasteiger partial charge in [0.2, 0.25) is 0 Å². The fourth-order valence-corrected chi connectivity index (χ4v) is 2.16. The second kappa shape index (κ2) is 4.80. The molecular weight excluding hydrogens is 216 g/mol. The molecule has 1 aliphatic rings. The predicted octanol–water partition coefficient (Wildman–Crippen LogP) is 2.72. The SMILES string of the molecule is C=C(C)C1Cc2c(OC)ccc(OC)c2CO1. The van der Waals surface area contributed by atoms with Gasteiger partial charge in [0.25, 0.3) is 0 Å². The van der Waals surface area contributed by atoms with Crippen molar-refractivity contribution < 1.29 is 14.2 Å². The molecule has 0 N–H and O–H groups in total. The molecule has 0 saturated heterocycles. The highest BCUT2D eigenvalue weighted by molar-refractivity contribution is 5.50. The monoisotopic (exact) mass is 234 g/mol. The normalized spacial score (nSPS) is 18.4. The third-order valence-electron chi connectivity index (χ3n) is 3.15. The molecule has 3 nitrogen and oxygen atoms in total. The molecule has 0 spiro atoms. The van der Waals surface area contributed by atoms with Gasteiger partial charge >= 0.3 is 0 Å². The molecule has 0 aromatic heterocycles. The fourth-order valence-electron chi connectivity index (χ4n) is 2.16. The van der Waals surface area contributed by atoms with Crippen LogP contribution in [0.5, 0.6) is 11.5 Å². The van der Waals surface area contributed by atoms with Crippen molar-refractivity contribution in [2.75, 3.05) is 14.2 Å². The van der Waals surface area contributed by atoms with Crippen molar-refractivity contribution in [1.29, 1.82) is 0 Å². The van der Waals surface area contributed by atoms with E-state index in [1.807, 2.05) is 19.1 Å².